The predicted octanol–water partition coefficient (Wildman–Crippen LogP) is 4.24. The molecule has 1 aliphatic rings. The van der Waals surface area contributed by atoms with E-state index >= 15 is 0 Å². The average molecular weight is 381 g/mol. The van der Waals surface area contributed by atoms with Crippen molar-refractivity contribution in [3.63, 3.8) is 0 Å². The van der Waals surface area contributed by atoms with Crippen LogP contribution in [0.15, 0.2) is 60.8 Å². The second-order valence-corrected chi connectivity index (χ2v) is 7.17. The summed E-state index contributed by atoms with van der Waals surface area (Å²) in [5.74, 6) is 0. The van der Waals surface area contributed by atoms with E-state index in [-0.39, 0.29) is 6.03 Å². The van der Waals surface area contributed by atoms with Crippen LogP contribution >= 0.6 is 11.6 Å². The smallest absolute Gasteiger partial charge is 0.321 e. The van der Waals surface area contributed by atoms with Crippen molar-refractivity contribution >= 4 is 34.2 Å². The standard InChI is InChI=1S/C21H21ClN4O/c22-18-5-7-19(8-6-18)24-21(27)26-11-9-25(10-12-26)15-16-13-17-3-1-2-4-20(17)23-14-16/h1-8,13-14H,9-12,15H2,(H,24,27). The molecule has 4 rings (SSSR count). The second-order valence-electron chi connectivity index (χ2n) is 6.74. The molecule has 1 saturated heterocycles. The fraction of sp³-hybridized carbons (Fsp3) is 0.238. The molecular weight excluding hydrogens is 360 g/mol. The first-order valence-corrected chi connectivity index (χ1v) is 9.43. The van der Waals surface area contributed by atoms with Crippen LogP contribution in [0.3, 0.4) is 0 Å². The molecule has 1 fully saturated rings. The first kappa shape index (κ1) is 17.8. The highest BCUT2D eigenvalue weighted by Gasteiger charge is 2.21. The van der Waals surface area contributed by atoms with Gasteiger partial charge in [-0.05, 0) is 42.0 Å². The van der Waals surface area contributed by atoms with E-state index in [1.165, 1.54) is 5.56 Å². The van der Waals surface area contributed by atoms with Crippen LogP contribution in [0.2, 0.25) is 5.02 Å². The zero-order valence-corrected chi connectivity index (χ0v) is 15.7. The number of pyridine rings is 1. The van der Waals surface area contributed by atoms with Crippen molar-refractivity contribution in [2.45, 2.75) is 6.54 Å². The topological polar surface area (TPSA) is 48.5 Å². The number of benzene rings is 2. The van der Waals surface area contributed by atoms with Crippen molar-refractivity contribution in [3.05, 3.63) is 71.4 Å². The molecule has 2 heterocycles. The van der Waals surface area contributed by atoms with Gasteiger partial charge in [-0.1, -0.05) is 29.8 Å². The number of aromatic nitrogens is 1. The molecule has 0 spiro atoms. The fourth-order valence-electron chi connectivity index (χ4n) is 3.31. The maximum atomic E-state index is 12.4. The third kappa shape index (κ3) is 4.38. The zero-order valence-electron chi connectivity index (χ0n) is 14.9. The lowest BCUT2D eigenvalue weighted by Crippen LogP contribution is -2.49. The minimum atomic E-state index is -0.0654. The molecule has 27 heavy (non-hydrogen) atoms. The summed E-state index contributed by atoms with van der Waals surface area (Å²) in [6.07, 6.45) is 1.95. The molecule has 2 aromatic carbocycles. The lowest BCUT2D eigenvalue weighted by molar-refractivity contribution is 0.143. The number of halogens is 1. The Kier molecular flexibility index (Phi) is 5.23. The van der Waals surface area contributed by atoms with E-state index in [4.69, 9.17) is 11.6 Å². The molecule has 0 saturated carbocycles. The summed E-state index contributed by atoms with van der Waals surface area (Å²) >= 11 is 5.88. The Labute approximate surface area is 163 Å². The van der Waals surface area contributed by atoms with Gasteiger partial charge in [0.1, 0.15) is 0 Å². The number of amides is 2. The van der Waals surface area contributed by atoms with E-state index < -0.39 is 0 Å². The molecule has 0 aliphatic carbocycles. The Morgan fingerprint density at radius 1 is 1.04 bits per heavy atom. The van der Waals surface area contributed by atoms with Gasteiger partial charge in [-0.2, -0.15) is 0 Å². The Morgan fingerprint density at radius 3 is 2.56 bits per heavy atom. The highest BCUT2D eigenvalue weighted by Crippen LogP contribution is 2.16. The highest BCUT2D eigenvalue weighted by atomic mass is 35.5. The van der Waals surface area contributed by atoms with Crippen molar-refractivity contribution in [2.75, 3.05) is 31.5 Å². The van der Waals surface area contributed by atoms with Crippen molar-refractivity contribution < 1.29 is 4.79 Å². The van der Waals surface area contributed by atoms with Crippen molar-refractivity contribution in [2.24, 2.45) is 0 Å². The fourth-order valence-corrected chi connectivity index (χ4v) is 3.43. The Balaban J connectivity index is 1.31. The lowest BCUT2D eigenvalue weighted by Gasteiger charge is -2.34. The number of nitrogens with one attached hydrogen (secondary N) is 1. The normalized spacial score (nSPS) is 15.1. The first-order valence-electron chi connectivity index (χ1n) is 9.05. The SMILES string of the molecule is O=C(Nc1ccc(Cl)cc1)N1CCN(Cc2cnc3ccccc3c2)CC1. The number of piperazine rings is 1. The molecule has 1 N–H and O–H groups in total. The number of fused-ring (bicyclic) bond motifs is 1. The molecular formula is C21H21ClN4O. The van der Waals surface area contributed by atoms with Crippen LogP contribution in [0, 0.1) is 0 Å². The van der Waals surface area contributed by atoms with Crippen LogP contribution in [0.25, 0.3) is 10.9 Å². The summed E-state index contributed by atoms with van der Waals surface area (Å²) < 4.78 is 0. The van der Waals surface area contributed by atoms with Crippen LogP contribution in [-0.2, 0) is 6.54 Å². The average Bonchev–Trinajstić information content (AvgIpc) is 2.70. The van der Waals surface area contributed by atoms with E-state index in [0.29, 0.717) is 18.1 Å². The molecule has 1 aliphatic heterocycles. The third-order valence-electron chi connectivity index (χ3n) is 4.81. The number of para-hydroxylation sites is 1. The van der Waals surface area contributed by atoms with Gasteiger partial charge in [0, 0.05) is 55.0 Å². The quantitative estimate of drug-likeness (QED) is 0.739. The van der Waals surface area contributed by atoms with Gasteiger partial charge in [0.25, 0.3) is 0 Å². The summed E-state index contributed by atoms with van der Waals surface area (Å²) in [4.78, 5) is 21.2. The number of carbonyl (C=O) groups is 1. The maximum Gasteiger partial charge on any atom is 0.321 e. The molecule has 0 unspecified atom stereocenters. The molecule has 3 aromatic rings. The van der Waals surface area contributed by atoms with Crippen molar-refractivity contribution in [3.8, 4) is 0 Å². The summed E-state index contributed by atoms with van der Waals surface area (Å²) in [6.45, 7) is 3.97. The summed E-state index contributed by atoms with van der Waals surface area (Å²) in [7, 11) is 0. The Hall–Kier alpha value is -2.63. The van der Waals surface area contributed by atoms with Crippen LogP contribution in [0.5, 0.6) is 0 Å². The Bertz CT molecular complexity index is 936. The molecule has 0 bridgehead atoms. The first-order chi connectivity index (χ1) is 13.2. The second kappa shape index (κ2) is 7.94. The van der Waals surface area contributed by atoms with Crippen LogP contribution in [0.4, 0.5) is 10.5 Å². The van der Waals surface area contributed by atoms with Gasteiger partial charge < -0.3 is 10.2 Å². The maximum absolute atomic E-state index is 12.4. The van der Waals surface area contributed by atoms with Gasteiger partial charge >= 0.3 is 6.03 Å². The largest absolute Gasteiger partial charge is 0.322 e. The van der Waals surface area contributed by atoms with Gasteiger partial charge in [-0.25, -0.2) is 4.79 Å². The molecule has 0 atom stereocenters. The number of anilines is 1. The van der Waals surface area contributed by atoms with Crippen LogP contribution < -0.4 is 5.32 Å². The molecule has 138 valence electrons. The van der Waals surface area contributed by atoms with Gasteiger partial charge in [-0.3, -0.25) is 9.88 Å². The van der Waals surface area contributed by atoms with E-state index in [0.717, 1.165) is 36.2 Å². The number of urea groups is 1. The molecule has 5 nitrogen and oxygen atoms in total. The lowest BCUT2D eigenvalue weighted by atomic mass is 10.1. The van der Waals surface area contributed by atoms with Gasteiger partial charge in [0.2, 0.25) is 0 Å². The van der Waals surface area contributed by atoms with E-state index in [1.807, 2.05) is 41.4 Å². The number of nitrogens with zero attached hydrogens (tertiary/aromatic N) is 3. The number of hydrogen-bond acceptors (Lipinski definition) is 3. The molecule has 0 radical (unpaired) electrons. The summed E-state index contributed by atoms with van der Waals surface area (Å²) in [5.41, 5.74) is 2.98. The number of rotatable bonds is 3. The van der Waals surface area contributed by atoms with Crippen molar-refractivity contribution in [1.82, 2.24) is 14.8 Å². The summed E-state index contributed by atoms with van der Waals surface area (Å²) in [6, 6.07) is 17.4. The van der Waals surface area contributed by atoms with E-state index in [2.05, 4.69) is 27.3 Å². The van der Waals surface area contributed by atoms with E-state index in [1.54, 1.807) is 12.1 Å². The van der Waals surface area contributed by atoms with Crippen molar-refractivity contribution in [1.29, 1.82) is 0 Å². The highest BCUT2D eigenvalue weighted by molar-refractivity contribution is 6.30. The molecule has 2 amide bonds. The summed E-state index contributed by atoms with van der Waals surface area (Å²) in [5, 5.41) is 4.74. The van der Waals surface area contributed by atoms with Gasteiger partial charge in [0.05, 0.1) is 5.52 Å². The number of carbonyl (C=O) groups excluding carboxylic acids is 1. The molecule has 6 heteroatoms. The van der Waals surface area contributed by atoms with Gasteiger partial charge in [-0.15, -0.1) is 0 Å². The minimum absolute atomic E-state index is 0.0654. The predicted molar refractivity (Wildman–Crippen MR) is 109 cm³/mol. The Morgan fingerprint density at radius 2 is 1.78 bits per heavy atom. The van der Waals surface area contributed by atoms with E-state index in [9.17, 15) is 4.79 Å². The van der Waals surface area contributed by atoms with Gasteiger partial charge in [0.15, 0.2) is 0 Å². The van der Waals surface area contributed by atoms with Crippen LogP contribution in [-0.4, -0.2) is 47.0 Å². The van der Waals surface area contributed by atoms with Crippen LogP contribution in [0.1, 0.15) is 5.56 Å². The zero-order chi connectivity index (χ0) is 18.6. The minimum Gasteiger partial charge on any atom is -0.322 e. The monoisotopic (exact) mass is 380 g/mol. The number of hydrogen-bond donors (Lipinski definition) is 1. The molecule has 1 aromatic heterocycles. The third-order valence-corrected chi connectivity index (χ3v) is 5.06.